The zero-order chi connectivity index (χ0) is 13.5. The lowest BCUT2D eigenvalue weighted by atomic mass is 10.1. The van der Waals surface area contributed by atoms with Crippen LogP contribution in [-0.2, 0) is 9.53 Å². The number of ether oxygens (including phenoxy) is 1. The fourth-order valence-corrected chi connectivity index (χ4v) is 1.67. The summed E-state index contributed by atoms with van der Waals surface area (Å²) in [5, 5.41) is 0. The van der Waals surface area contributed by atoms with Crippen molar-refractivity contribution in [1.29, 1.82) is 0 Å². The van der Waals surface area contributed by atoms with E-state index in [4.69, 9.17) is 4.74 Å². The molecule has 0 aromatic carbocycles. The third-order valence-electron chi connectivity index (χ3n) is 2.65. The first kappa shape index (κ1) is 16.9. The zero-order valence-corrected chi connectivity index (χ0v) is 12.0. The minimum absolute atomic E-state index is 0.194. The van der Waals surface area contributed by atoms with Gasteiger partial charge in [0.05, 0.1) is 6.61 Å². The number of carbonyl (C=O) groups is 1. The summed E-state index contributed by atoms with van der Waals surface area (Å²) in [4.78, 5) is 10.5. The monoisotopic (exact) mass is 252 g/mol. The minimum Gasteiger partial charge on any atom is -0.466 e. The van der Waals surface area contributed by atoms with Crippen LogP contribution in [-0.4, -0.2) is 12.6 Å². The highest BCUT2D eigenvalue weighted by molar-refractivity contribution is 5.65. The second-order valence-corrected chi connectivity index (χ2v) is 4.47. The Balaban J connectivity index is 3.12. The summed E-state index contributed by atoms with van der Waals surface area (Å²) in [5.41, 5.74) is 0. The van der Waals surface area contributed by atoms with E-state index in [0.29, 0.717) is 6.61 Å². The van der Waals surface area contributed by atoms with Crippen LogP contribution in [0.3, 0.4) is 0 Å². The molecule has 104 valence electrons. The lowest BCUT2D eigenvalue weighted by Gasteiger charge is -1.98. The molecule has 2 heteroatoms. The maximum absolute atomic E-state index is 10.5. The van der Waals surface area contributed by atoms with E-state index in [1.54, 1.807) is 0 Å². The van der Waals surface area contributed by atoms with Gasteiger partial charge >= 0.3 is 5.97 Å². The minimum atomic E-state index is -0.194. The van der Waals surface area contributed by atoms with Gasteiger partial charge in [0.15, 0.2) is 0 Å². The highest BCUT2D eigenvalue weighted by Gasteiger charge is 1.89. The highest BCUT2D eigenvalue weighted by atomic mass is 16.5. The molecule has 0 N–H and O–H groups in total. The number of hydrogen-bond donors (Lipinski definition) is 0. The van der Waals surface area contributed by atoms with E-state index >= 15 is 0 Å². The van der Waals surface area contributed by atoms with E-state index in [1.807, 2.05) is 0 Å². The molecule has 0 aromatic rings. The average molecular weight is 252 g/mol. The quantitative estimate of drug-likeness (QED) is 0.300. The van der Waals surface area contributed by atoms with Crippen molar-refractivity contribution in [3.05, 3.63) is 24.3 Å². The largest absolute Gasteiger partial charge is 0.466 e. The third kappa shape index (κ3) is 14.9. The van der Waals surface area contributed by atoms with Crippen molar-refractivity contribution < 1.29 is 9.53 Å². The lowest BCUT2D eigenvalue weighted by Crippen LogP contribution is -1.98. The summed E-state index contributed by atoms with van der Waals surface area (Å²) in [6.45, 7) is 4.12. The average Bonchev–Trinajstić information content (AvgIpc) is 2.34. The van der Waals surface area contributed by atoms with Gasteiger partial charge < -0.3 is 4.74 Å². The van der Waals surface area contributed by atoms with Crippen LogP contribution < -0.4 is 0 Å². The molecule has 0 aromatic heterocycles. The molecule has 0 amide bonds. The molecule has 18 heavy (non-hydrogen) atoms. The Kier molecular flexibility index (Phi) is 13.2. The maximum atomic E-state index is 10.5. The maximum Gasteiger partial charge on any atom is 0.302 e. The Hall–Kier alpha value is -1.05. The molecular formula is C16H28O2. The van der Waals surface area contributed by atoms with Crippen LogP contribution >= 0.6 is 0 Å². The summed E-state index contributed by atoms with van der Waals surface area (Å²) in [6.07, 6.45) is 18.4. The van der Waals surface area contributed by atoms with Gasteiger partial charge in [0.1, 0.15) is 0 Å². The van der Waals surface area contributed by atoms with E-state index in [9.17, 15) is 4.79 Å². The second-order valence-electron chi connectivity index (χ2n) is 4.47. The van der Waals surface area contributed by atoms with Gasteiger partial charge in [0.2, 0.25) is 0 Å². The summed E-state index contributed by atoms with van der Waals surface area (Å²) >= 11 is 0. The van der Waals surface area contributed by atoms with Crippen molar-refractivity contribution in [1.82, 2.24) is 0 Å². The smallest absolute Gasteiger partial charge is 0.302 e. The van der Waals surface area contributed by atoms with Crippen molar-refractivity contribution in [2.75, 3.05) is 6.61 Å². The number of rotatable bonds is 11. The fourth-order valence-electron chi connectivity index (χ4n) is 1.67. The van der Waals surface area contributed by atoms with Gasteiger partial charge in [-0.3, -0.25) is 4.79 Å². The van der Waals surface area contributed by atoms with Crippen LogP contribution in [0.2, 0.25) is 0 Å². The van der Waals surface area contributed by atoms with Crippen molar-refractivity contribution in [2.45, 2.75) is 65.2 Å². The first-order valence-electron chi connectivity index (χ1n) is 7.20. The Morgan fingerprint density at radius 3 is 2.00 bits per heavy atom. The van der Waals surface area contributed by atoms with Crippen LogP contribution in [0, 0.1) is 0 Å². The Morgan fingerprint density at radius 1 is 0.889 bits per heavy atom. The van der Waals surface area contributed by atoms with Crippen molar-refractivity contribution in [3.8, 4) is 0 Å². The summed E-state index contributed by atoms with van der Waals surface area (Å²) < 4.78 is 4.84. The van der Waals surface area contributed by atoms with Crippen molar-refractivity contribution >= 4 is 5.97 Å². The second kappa shape index (κ2) is 14.0. The zero-order valence-electron chi connectivity index (χ0n) is 12.0. The van der Waals surface area contributed by atoms with Gasteiger partial charge in [0.25, 0.3) is 0 Å². The molecule has 0 rings (SSSR count). The molecule has 0 aliphatic carbocycles. The predicted molar refractivity (Wildman–Crippen MR) is 77.5 cm³/mol. The topological polar surface area (TPSA) is 26.3 Å². The van der Waals surface area contributed by atoms with Gasteiger partial charge in [-0.05, 0) is 38.5 Å². The van der Waals surface area contributed by atoms with E-state index in [2.05, 4.69) is 31.2 Å². The van der Waals surface area contributed by atoms with E-state index in [0.717, 1.165) is 19.3 Å². The standard InChI is InChI=1S/C16H28O2/c1-3-4-5-6-7-8-9-10-11-12-13-14-15-18-16(2)17/h4-5,12-13H,3,6-11,14-15H2,1-2H3/b5-4+,13-12-. The SMILES string of the molecule is CC/C=C/CCCCCC/C=C\CCOC(C)=O. The molecule has 2 nitrogen and oxygen atoms in total. The molecule has 0 bridgehead atoms. The molecule has 0 radical (unpaired) electrons. The van der Waals surface area contributed by atoms with Gasteiger partial charge in [-0.1, -0.05) is 44.1 Å². The Bertz CT molecular complexity index is 241. The van der Waals surface area contributed by atoms with E-state index in [1.165, 1.54) is 39.0 Å². The Labute approximate surface area is 112 Å². The van der Waals surface area contributed by atoms with Crippen LogP contribution in [0.25, 0.3) is 0 Å². The molecule has 0 aliphatic heterocycles. The van der Waals surface area contributed by atoms with Gasteiger partial charge in [-0.25, -0.2) is 0 Å². The number of hydrogen-bond acceptors (Lipinski definition) is 2. The third-order valence-corrected chi connectivity index (χ3v) is 2.65. The lowest BCUT2D eigenvalue weighted by molar-refractivity contribution is -0.140. The van der Waals surface area contributed by atoms with E-state index in [-0.39, 0.29) is 5.97 Å². The normalized spacial score (nSPS) is 11.4. The Morgan fingerprint density at radius 2 is 1.44 bits per heavy atom. The van der Waals surface area contributed by atoms with Crippen LogP contribution in [0.1, 0.15) is 65.2 Å². The number of esters is 1. The molecule has 0 atom stereocenters. The molecule has 0 heterocycles. The van der Waals surface area contributed by atoms with Gasteiger partial charge in [-0.15, -0.1) is 0 Å². The summed E-state index contributed by atoms with van der Waals surface area (Å²) in [5.74, 6) is -0.194. The summed E-state index contributed by atoms with van der Waals surface area (Å²) in [6, 6.07) is 0. The summed E-state index contributed by atoms with van der Waals surface area (Å²) in [7, 11) is 0. The number of carbonyl (C=O) groups excluding carboxylic acids is 1. The first-order chi connectivity index (χ1) is 8.77. The molecule has 0 fully saturated rings. The number of allylic oxidation sites excluding steroid dienone is 3. The first-order valence-corrected chi connectivity index (χ1v) is 7.20. The molecular weight excluding hydrogens is 224 g/mol. The number of unbranched alkanes of at least 4 members (excludes halogenated alkanes) is 5. The van der Waals surface area contributed by atoms with Crippen molar-refractivity contribution in [2.24, 2.45) is 0 Å². The fraction of sp³-hybridized carbons (Fsp3) is 0.688. The van der Waals surface area contributed by atoms with Gasteiger partial charge in [-0.2, -0.15) is 0 Å². The molecule has 0 aliphatic rings. The van der Waals surface area contributed by atoms with Crippen molar-refractivity contribution in [3.63, 3.8) is 0 Å². The van der Waals surface area contributed by atoms with E-state index < -0.39 is 0 Å². The molecule has 0 spiro atoms. The molecule has 0 saturated carbocycles. The predicted octanol–water partition coefficient (Wildman–Crippen LogP) is 4.80. The highest BCUT2D eigenvalue weighted by Crippen LogP contribution is 2.06. The van der Waals surface area contributed by atoms with Crippen LogP contribution in [0.5, 0.6) is 0 Å². The molecule has 0 saturated heterocycles. The van der Waals surface area contributed by atoms with Crippen LogP contribution in [0.4, 0.5) is 0 Å². The van der Waals surface area contributed by atoms with Gasteiger partial charge in [0, 0.05) is 6.92 Å². The van der Waals surface area contributed by atoms with Crippen LogP contribution in [0.15, 0.2) is 24.3 Å². The molecule has 0 unspecified atom stereocenters.